The molecule has 0 saturated carbocycles. The van der Waals surface area contributed by atoms with Crippen molar-refractivity contribution in [3.63, 3.8) is 0 Å². The van der Waals surface area contributed by atoms with Gasteiger partial charge in [-0.15, -0.1) is 11.3 Å². The van der Waals surface area contributed by atoms with E-state index in [4.69, 9.17) is 0 Å². The van der Waals surface area contributed by atoms with Crippen LogP contribution in [0.1, 0.15) is 15.5 Å². The minimum atomic E-state index is 0. The summed E-state index contributed by atoms with van der Waals surface area (Å²) in [6.07, 6.45) is 3.75. The SMILES string of the molecule is Cc1csc(C(=O)C[n+]2ccccc2)n1.[I-]. The Balaban J connectivity index is 0.00000128. The molecule has 2 aromatic heterocycles. The molecular weight excluding hydrogens is 335 g/mol. The summed E-state index contributed by atoms with van der Waals surface area (Å²) in [5.41, 5.74) is 0.904. The van der Waals surface area contributed by atoms with Crippen molar-refractivity contribution in [2.75, 3.05) is 0 Å². The third-order valence-electron chi connectivity index (χ3n) is 1.96. The third kappa shape index (κ3) is 3.34. The summed E-state index contributed by atoms with van der Waals surface area (Å²) >= 11 is 1.40. The van der Waals surface area contributed by atoms with Gasteiger partial charge in [0, 0.05) is 23.2 Å². The van der Waals surface area contributed by atoms with Crippen molar-refractivity contribution in [3.8, 4) is 0 Å². The molecule has 2 heterocycles. The largest absolute Gasteiger partial charge is 1.00 e. The van der Waals surface area contributed by atoms with Gasteiger partial charge in [-0.1, -0.05) is 6.07 Å². The highest BCUT2D eigenvalue weighted by Gasteiger charge is 2.14. The van der Waals surface area contributed by atoms with Gasteiger partial charge in [0.15, 0.2) is 17.4 Å². The molecule has 0 bridgehead atoms. The van der Waals surface area contributed by atoms with Crippen LogP contribution in [0.4, 0.5) is 0 Å². The second-order valence-electron chi connectivity index (χ2n) is 3.27. The Hall–Kier alpha value is -0.820. The number of pyridine rings is 1. The van der Waals surface area contributed by atoms with Gasteiger partial charge in [0.2, 0.25) is 6.54 Å². The summed E-state index contributed by atoms with van der Waals surface area (Å²) in [5.74, 6) is 0.0595. The molecule has 0 fully saturated rings. The number of carbonyl (C=O) groups is 1. The second-order valence-corrected chi connectivity index (χ2v) is 4.12. The molecule has 0 atom stereocenters. The van der Waals surface area contributed by atoms with Gasteiger partial charge in [0.1, 0.15) is 0 Å². The maximum atomic E-state index is 11.8. The average molecular weight is 346 g/mol. The molecule has 5 heteroatoms. The highest BCUT2D eigenvalue weighted by Crippen LogP contribution is 2.09. The van der Waals surface area contributed by atoms with E-state index in [9.17, 15) is 4.79 Å². The highest BCUT2D eigenvalue weighted by atomic mass is 127. The quantitative estimate of drug-likeness (QED) is 0.390. The van der Waals surface area contributed by atoms with Gasteiger partial charge in [-0.05, 0) is 6.92 Å². The van der Waals surface area contributed by atoms with E-state index in [0.29, 0.717) is 11.6 Å². The first-order valence-electron chi connectivity index (χ1n) is 4.65. The average Bonchev–Trinajstić information content (AvgIpc) is 2.66. The molecule has 0 spiro atoms. The lowest BCUT2D eigenvalue weighted by Gasteiger charge is -1.92. The summed E-state index contributed by atoms with van der Waals surface area (Å²) < 4.78 is 1.85. The molecule has 0 aliphatic rings. The molecule has 0 aliphatic carbocycles. The number of hydrogen-bond donors (Lipinski definition) is 0. The predicted octanol–water partition coefficient (Wildman–Crippen LogP) is -1.37. The summed E-state index contributed by atoms with van der Waals surface area (Å²) in [7, 11) is 0. The fourth-order valence-electron chi connectivity index (χ4n) is 1.26. The van der Waals surface area contributed by atoms with E-state index >= 15 is 0 Å². The Morgan fingerprint density at radius 2 is 2.06 bits per heavy atom. The van der Waals surface area contributed by atoms with E-state index in [-0.39, 0.29) is 29.8 Å². The molecule has 0 aliphatic heterocycles. The van der Waals surface area contributed by atoms with Crippen LogP contribution in [0.25, 0.3) is 0 Å². The van der Waals surface area contributed by atoms with E-state index in [2.05, 4.69) is 4.98 Å². The summed E-state index contributed by atoms with van der Waals surface area (Å²) in [4.78, 5) is 15.9. The Morgan fingerprint density at radius 3 is 2.62 bits per heavy atom. The highest BCUT2D eigenvalue weighted by molar-refractivity contribution is 7.11. The molecule has 0 aromatic carbocycles. The normalized spacial score (nSPS) is 9.56. The first-order chi connectivity index (χ1) is 7.25. The Labute approximate surface area is 115 Å². The molecule has 2 rings (SSSR count). The monoisotopic (exact) mass is 346 g/mol. The molecule has 3 nitrogen and oxygen atoms in total. The lowest BCUT2D eigenvalue weighted by molar-refractivity contribution is -0.683. The number of Topliss-reactive ketones (excluding diaryl/α,β-unsaturated/α-hetero) is 1. The van der Waals surface area contributed by atoms with Gasteiger partial charge < -0.3 is 24.0 Å². The van der Waals surface area contributed by atoms with Crippen molar-refractivity contribution in [3.05, 3.63) is 46.7 Å². The lowest BCUT2D eigenvalue weighted by Crippen LogP contribution is -3.00. The van der Waals surface area contributed by atoms with Gasteiger partial charge in [-0.3, -0.25) is 4.79 Å². The second kappa shape index (κ2) is 6.05. The number of aromatic nitrogens is 2. The Bertz CT molecular complexity index is 470. The molecule has 84 valence electrons. The van der Waals surface area contributed by atoms with Gasteiger partial charge in [-0.2, -0.15) is 4.57 Å². The van der Waals surface area contributed by atoms with E-state index < -0.39 is 0 Å². The topological polar surface area (TPSA) is 33.8 Å². The van der Waals surface area contributed by atoms with Crippen LogP contribution in [0.3, 0.4) is 0 Å². The van der Waals surface area contributed by atoms with Gasteiger partial charge in [0.25, 0.3) is 5.78 Å². The first-order valence-corrected chi connectivity index (χ1v) is 5.53. The van der Waals surface area contributed by atoms with Crippen molar-refractivity contribution in [2.24, 2.45) is 0 Å². The fourth-order valence-corrected chi connectivity index (χ4v) is 1.98. The van der Waals surface area contributed by atoms with Crippen molar-refractivity contribution in [2.45, 2.75) is 13.5 Å². The zero-order chi connectivity index (χ0) is 10.7. The van der Waals surface area contributed by atoms with E-state index in [1.807, 2.05) is 47.5 Å². The van der Waals surface area contributed by atoms with E-state index in [1.54, 1.807) is 0 Å². The summed E-state index contributed by atoms with van der Waals surface area (Å²) in [5, 5.41) is 2.48. The maximum Gasteiger partial charge on any atom is 0.255 e. The van der Waals surface area contributed by atoms with E-state index in [0.717, 1.165) is 5.69 Å². The molecule has 0 N–H and O–H groups in total. The van der Waals surface area contributed by atoms with Gasteiger partial charge >= 0.3 is 0 Å². The standard InChI is InChI=1S/C11H11N2OS.HI/c1-9-8-15-11(12-9)10(14)7-13-5-3-2-4-6-13;/h2-6,8H,7H2,1H3;1H/q+1;/p-1. The van der Waals surface area contributed by atoms with Crippen LogP contribution in [0.2, 0.25) is 0 Å². The number of aryl methyl sites for hydroxylation is 1. The van der Waals surface area contributed by atoms with Crippen LogP contribution in [-0.2, 0) is 6.54 Å². The summed E-state index contributed by atoms with van der Waals surface area (Å²) in [6, 6.07) is 5.73. The van der Waals surface area contributed by atoms with Crippen LogP contribution in [-0.4, -0.2) is 10.8 Å². The Kier molecular flexibility index (Phi) is 5.01. The van der Waals surface area contributed by atoms with Gasteiger partial charge in [-0.25, -0.2) is 4.98 Å². The van der Waals surface area contributed by atoms with Crippen molar-refractivity contribution >= 4 is 17.1 Å². The number of halogens is 1. The zero-order valence-electron chi connectivity index (χ0n) is 8.76. The number of rotatable bonds is 3. The van der Waals surface area contributed by atoms with Gasteiger partial charge in [0.05, 0.1) is 0 Å². The van der Waals surface area contributed by atoms with Crippen molar-refractivity contribution in [1.29, 1.82) is 0 Å². The molecule has 0 saturated heterocycles. The van der Waals surface area contributed by atoms with Crippen molar-refractivity contribution in [1.82, 2.24) is 4.98 Å². The zero-order valence-corrected chi connectivity index (χ0v) is 11.7. The predicted molar refractivity (Wildman–Crippen MR) is 57.8 cm³/mol. The van der Waals surface area contributed by atoms with Crippen LogP contribution >= 0.6 is 11.3 Å². The molecule has 2 aromatic rings. The summed E-state index contributed by atoms with van der Waals surface area (Å²) in [6.45, 7) is 2.25. The maximum absolute atomic E-state index is 11.8. The van der Waals surface area contributed by atoms with Crippen LogP contribution in [0.5, 0.6) is 0 Å². The van der Waals surface area contributed by atoms with E-state index in [1.165, 1.54) is 11.3 Å². The first kappa shape index (κ1) is 13.2. The molecule has 0 unspecified atom stereocenters. The fraction of sp³-hybridized carbons (Fsp3) is 0.182. The number of carbonyl (C=O) groups excluding carboxylic acids is 1. The van der Waals surface area contributed by atoms with Crippen LogP contribution < -0.4 is 28.5 Å². The molecule has 0 radical (unpaired) electrons. The smallest absolute Gasteiger partial charge is 0.255 e. The number of nitrogens with zero attached hydrogens (tertiary/aromatic N) is 2. The molecular formula is C11H11IN2OS. The Morgan fingerprint density at radius 1 is 1.38 bits per heavy atom. The number of thiazole rings is 1. The molecule has 0 amide bonds. The van der Waals surface area contributed by atoms with Crippen LogP contribution in [0.15, 0.2) is 36.0 Å². The lowest BCUT2D eigenvalue weighted by atomic mass is 10.4. The minimum Gasteiger partial charge on any atom is -1.00 e. The van der Waals surface area contributed by atoms with Crippen molar-refractivity contribution < 1.29 is 33.3 Å². The number of ketones is 1. The minimum absolute atomic E-state index is 0. The third-order valence-corrected chi connectivity index (χ3v) is 2.96. The van der Waals surface area contributed by atoms with Crippen LogP contribution in [0, 0.1) is 6.92 Å². The molecule has 16 heavy (non-hydrogen) atoms. The number of hydrogen-bond acceptors (Lipinski definition) is 3.